The van der Waals surface area contributed by atoms with Gasteiger partial charge in [-0.15, -0.1) is 0 Å². The molecule has 0 unspecified atom stereocenters. The van der Waals surface area contributed by atoms with Crippen LogP contribution < -0.4 is 0 Å². The normalized spacial score (nSPS) is 11.0. The Morgan fingerprint density at radius 3 is 0.837 bits per heavy atom. The molecule has 0 saturated heterocycles. The molecule has 0 saturated carbocycles. The topological polar surface area (TPSA) is 0 Å². The second-order valence-electron chi connectivity index (χ2n) is 22.9. The zero-order valence-electron chi connectivity index (χ0n) is 55.4. The molecule has 0 atom stereocenters. The van der Waals surface area contributed by atoms with Crippen molar-refractivity contribution in [3.05, 3.63) is 273 Å². The van der Waals surface area contributed by atoms with Crippen molar-refractivity contribution in [3.63, 3.8) is 0 Å². The van der Waals surface area contributed by atoms with Gasteiger partial charge in [-0.1, -0.05) is 151 Å². The van der Waals surface area contributed by atoms with Crippen LogP contribution in [0.1, 0.15) is 139 Å². The first-order valence-corrected chi connectivity index (χ1v) is 30.7. The van der Waals surface area contributed by atoms with Gasteiger partial charge in [0.2, 0.25) is 0 Å². The van der Waals surface area contributed by atoms with Crippen LogP contribution in [0.25, 0.3) is 0 Å². The van der Waals surface area contributed by atoms with E-state index in [1.165, 1.54) is 71.6 Å². The van der Waals surface area contributed by atoms with Gasteiger partial charge >= 0.3 is 24.7 Å². The fourth-order valence-corrected chi connectivity index (χ4v) is 10.6. The Balaban J connectivity index is 0.000000527. The maximum Gasteiger partial charge on any atom is 0.419 e. The lowest BCUT2D eigenvalue weighted by Gasteiger charge is -2.13. The van der Waals surface area contributed by atoms with Crippen LogP contribution in [0.3, 0.4) is 0 Å². The number of hydrogen-bond donors (Lipinski definition) is 0. The van der Waals surface area contributed by atoms with Crippen molar-refractivity contribution in [1.82, 2.24) is 0 Å². The number of benzene rings is 8. The van der Waals surface area contributed by atoms with E-state index in [0.29, 0.717) is 38.9 Å². The summed E-state index contributed by atoms with van der Waals surface area (Å²) in [5, 5.41) is 0.684. The molecule has 0 heterocycles. The number of rotatable bonds is 0. The van der Waals surface area contributed by atoms with Crippen molar-refractivity contribution in [1.29, 1.82) is 0 Å². The van der Waals surface area contributed by atoms with E-state index < -0.39 is 52.8 Å². The molecule has 8 aromatic carbocycles. The van der Waals surface area contributed by atoms with E-state index in [0.717, 1.165) is 62.2 Å². The van der Waals surface area contributed by atoms with Gasteiger partial charge in [-0.05, 0) is 263 Å². The Kier molecular flexibility index (Phi) is 32.7. The van der Waals surface area contributed by atoms with Crippen LogP contribution in [0.2, 0.25) is 10.0 Å². The third-order valence-electron chi connectivity index (χ3n) is 13.6. The lowest BCUT2D eigenvalue weighted by Crippen LogP contribution is -2.10. The molecule has 0 fully saturated rings. The summed E-state index contributed by atoms with van der Waals surface area (Å²) in [4.78, 5) is 0. The molecule has 8 aromatic rings. The summed E-state index contributed by atoms with van der Waals surface area (Å²) in [6.07, 6.45) is -17.5. The Labute approximate surface area is 560 Å². The summed E-state index contributed by atoms with van der Waals surface area (Å²) in [7, 11) is 0. The minimum absolute atomic E-state index is 0.0207. The number of hydrogen-bond acceptors (Lipinski definition) is 0. The fraction of sp³-hybridized carbons (Fsp3) is 0.342. The van der Waals surface area contributed by atoms with Crippen LogP contribution in [0.5, 0.6) is 0 Å². The number of halogens is 19. The predicted molar refractivity (Wildman–Crippen MR) is 356 cm³/mol. The van der Waals surface area contributed by atoms with Crippen molar-refractivity contribution in [2.45, 2.75) is 170 Å². The summed E-state index contributed by atoms with van der Waals surface area (Å²) < 4.78 is 188. The molecule has 8 rings (SSSR count). The van der Waals surface area contributed by atoms with Crippen molar-refractivity contribution >= 4 is 55.1 Å². The zero-order chi connectivity index (χ0) is 71.8. The van der Waals surface area contributed by atoms with E-state index in [1.807, 2.05) is 52.8 Å². The third kappa shape index (κ3) is 27.3. The summed E-state index contributed by atoms with van der Waals surface area (Å²) >= 11 is 17.9. The van der Waals surface area contributed by atoms with E-state index in [1.54, 1.807) is 85.7 Å². The molecule has 0 amide bonds. The van der Waals surface area contributed by atoms with Gasteiger partial charge in [0.15, 0.2) is 0 Å². The molecule has 92 heavy (non-hydrogen) atoms. The van der Waals surface area contributed by atoms with Crippen molar-refractivity contribution in [2.75, 3.05) is 0 Å². The zero-order valence-corrected chi connectivity index (χ0v) is 60.1. The average molecular weight is 1470 g/mol. The predicted octanol–water partition coefficient (Wildman–Crippen LogP) is 27.3. The summed E-state index contributed by atoms with van der Waals surface area (Å²) in [5.74, 6) is -1.36. The highest BCUT2D eigenvalue weighted by Crippen LogP contribution is 2.39. The maximum atomic E-state index is 13.0. The number of aryl methyl sites for hydroxylation is 20. The van der Waals surface area contributed by atoms with Gasteiger partial charge in [0.25, 0.3) is 0 Å². The average Bonchev–Trinajstić information content (AvgIpc) is 0.898. The second-order valence-corrected chi connectivity index (χ2v) is 25.3. The summed E-state index contributed by atoms with van der Waals surface area (Å²) in [5.41, 5.74) is 14.0. The van der Waals surface area contributed by atoms with E-state index in [4.69, 9.17) is 23.2 Å². The van der Waals surface area contributed by atoms with E-state index >= 15 is 0 Å². The van der Waals surface area contributed by atoms with Crippen LogP contribution >= 0.6 is 55.1 Å². The van der Waals surface area contributed by atoms with Gasteiger partial charge in [-0.3, -0.25) is 0 Å². The maximum absolute atomic E-state index is 13.0. The van der Waals surface area contributed by atoms with Crippen LogP contribution in [-0.4, -0.2) is 0 Å². The highest BCUT2D eigenvalue weighted by Gasteiger charge is 2.37. The molecular formula is C73H79Br2Cl2F15. The molecule has 0 spiro atoms. The van der Waals surface area contributed by atoms with Crippen LogP contribution in [0.15, 0.2) is 106 Å². The highest BCUT2D eigenvalue weighted by atomic mass is 79.9. The standard InChI is InChI=1S/C10H11F3.C9H8BrF3.C9H11Br.C9H8ClF3.C9H11Cl.C9H8F4.2C9H11F/c1-6-4-7(2)9(8(3)5-6)10(11,12)13;1-5-3-6(2)8(10)7(4-5)9(11,12)13;1-6-4-7(2)9(10)8(3)5-6;1-5-3-6(2)8(10)7(4-5)9(11,12)13;1-6-4-7(2)9(10)8(3)5-6;1-5-3-6(2)8(10)7(4-5)9(11,12)13;1-6-4-7(2)8(3)9(10)5-6;1-6-4-7(2)9(10)8(3)5-6/h4-5H,1-3H3;3-4H,1-2H3;4-5H,1-3H3;3-4H,1-2H3;4-5H,1-3H3;3-4H,1-2H3;2*4-5H,1-3H3. The molecule has 0 aliphatic carbocycles. The van der Waals surface area contributed by atoms with Gasteiger partial charge in [-0.2, -0.15) is 52.7 Å². The SMILES string of the molecule is Cc1cc(C)c(Br)c(C(F)(F)F)c1.Cc1cc(C)c(Br)c(C)c1.Cc1cc(C)c(C(F)(F)F)c(C)c1.Cc1cc(C)c(C)c(F)c1.Cc1cc(C)c(Cl)c(C(F)(F)F)c1.Cc1cc(C)c(Cl)c(C)c1.Cc1cc(C)c(F)c(C(F)(F)F)c1.Cc1cc(C)c(F)c(C)c1. The quantitative estimate of drug-likeness (QED) is 0.133. The van der Waals surface area contributed by atoms with E-state index in [9.17, 15) is 65.9 Å². The van der Waals surface area contributed by atoms with Crippen molar-refractivity contribution < 1.29 is 65.9 Å². The van der Waals surface area contributed by atoms with Crippen molar-refractivity contribution in [3.8, 4) is 0 Å². The monoisotopic (exact) mass is 1470 g/mol. The largest absolute Gasteiger partial charge is 0.419 e. The smallest absolute Gasteiger partial charge is 0.207 e. The van der Waals surface area contributed by atoms with Crippen molar-refractivity contribution in [2.24, 2.45) is 0 Å². The Morgan fingerprint density at radius 2 is 0.500 bits per heavy atom. The Morgan fingerprint density at radius 1 is 0.250 bits per heavy atom. The Hall–Kier alpha value is -5.75. The van der Waals surface area contributed by atoms with Gasteiger partial charge in [-0.25, -0.2) is 13.2 Å². The summed E-state index contributed by atoms with van der Waals surface area (Å²) in [6.45, 7) is 37.7. The van der Waals surface area contributed by atoms with Gasteiger partial charge < -0.3 is 0 Å². The molecule has 0 radical (unpaired) electrons. The van der Waals surface area contributed by atoms with Crippen LogP contribution in [0.4, 0.5) is 65.9 Å². The third-order valence-corrected chi connectivity index (χ3v) is 17.0. The molecule has 0 aliphatic heterocycles. The van der Waals surface area contributed by atoms with Crippen LogP contribution in [-0.2, 0) is 24.7 Å². The molecule has 0 aromatic heterocycles. The molecule has 0 bridgehead atoms. The molecule has 0 aliphatic rings. The minimum Gasteiger partial charge on any atom is -0.207 e. The minimum atomic E-state index is -4.61. The first-order chi connectivity index (χ1) is 41.7. The first kappa shape index (κ1) is 84.3. The van der Waals surface area contributed by atoms with E-state index in [2.05, 4.69) is 83.8 Å². The van der Waals surface area contributed by atoms with Gasteiger partial charge in [0.05, 0.1) is 27.3 Å². The summed E-state index contributed by atoms with van der Waals surface area (Å²) in [6, 6.07) is 26.6. The van der Waals surface area contributed by atoms with Crippen LogP contribution in [0, 0.1) is 163 Å². The second kappa shape index (κ2) is 35.7. The lowest BCUT2D eigenvalue weighted by atomic mass is 10.00. The van der Waals surface area contributed by atoms with E-state index in [-0.39, 0.29) is 26.7 Å². The molecule has 0 nitrogen and oxygen atoms in total. The molecule has 19 heteroatoms. The fourth-order valence-electron chi connectivity index (χ4n) is 9.57. The number of alkyl halides is 12. The highest BCUT2D eigenvalue weighted by molar-refractivity contribution is 9.11. The Bertz CT molecular complexity index is 3300. The first-order valence-electron chi connectivity index (χ1n) is 28.3. The molecular weight excluding hydrogens is 1390 g/mol. The molecule has 0 N–H and O–H groups in total. The van der Waals surface area contributed by atoms with Gasteiger partial charge in [0.1, 0.15) is 17.5 Å². The van der Waals surface area contributed by atoms with Gasteiger partial charge in [0, 0.05) is 14.0 Å². The molecule has 504 valence electrons. The lowest BCUT2D eigenvalue weighted by molar-refractivity contribution is -0.140.